The zero-order valence-electron chi connectivity index (χ0n) is 34.6. The molecule has 0 aliphatic rings. The summed E-state index contributed by atoms with van der Waals surface area (Å²) in [6.45, 7) is 4.47. The first-order valence-electron chi connectivity index (χ1n) is 19.4. The van der Waals surface area contributed by atoms with E-state index in [0.29, 0.717) is 42.1 Å². The third-order valence-electron chi connectivity index (χ3n) is 8.53. The van der Waals surface area contributed by atoms with Gasteiger partial charge in [-0.1, -0.05) is 66.7 Å². The van der Waals surface area contributed by atoms with Gasteiger partial charge in [0.15, 0.2) is 18.2 Å². The Kier molecular flexibility index (Phi) is 20.1. The van der Waals surface area contributed by atoms with Crippen LogP contribution in [-0.2, 0) is 40.6 Å². The number of pyridine rings is 3. The number of hydrogen-bond acceptors (Lipinski definition) is 12. The molecule has 63 heavy (non-hydrogen) atoms. The van der Waals surface area contributed by atoms with Gasteiger partial charge in [0.25, 0.3) is 11.1 Å². The number of hydrogen-bond donors (Lipinski definition) is 4. The summed E-state index contributed by atoms with van der Waals surface area (Å²) in [7, 11) is 0. The molecule has 0 bridgehead atoms. The highest BCUT2D eigenvalue weighted by Crippen LogP contribution is 2.09. The van der Waals surface area contributed by atoms with E-state index in [2.05, 4.69) is 36.2 Å². The number of alkyl carbamates (subject to hydrolysis) is 1. The van der Waals surface area contributed by atoms with Crippen molar-refractivity contribution >= 4 is 52.0 Å². The number of carbonyl (C=O) groups is 6. The summed E-state index contributed by atoms with van der Waals surface area (Å²) < 4.78 is 10.4. The van der Waals surface area contributed by atoms with Crippen LogP contribution in [0.1, 0.15) is 67.2 Å². The van der Waals surface area contributed by atoms with Crippen molar-refractivity contribution in [2.75, 3.05) is 18.5 Å². The number of amides is 3. The second-order valence-corrected chi connectivity index (χ2v) is 13.7. The van der Waals surface area contributed by atoms with Gasteiger partial charge in [-0.05, 0) is 84.6 Å². The molecular formula is C47H46ClN7O8. The third kappa shape index (κ3) is 19.0. The van der Waals surface area contributed by atoms with Gasteiger partial charge in [0.2, 0.25) is 5.91 Å². The molecule has 3 aromatic carbocycles. The Balaban J connectivity index is 0.000000207. The summed E-state index contributed by atoms with van der Waals surface area (Å²) in [4.78, 5) is 79.9. The SMILES string of the molecule is CC(=O)c1ccc(CNC(=O)COc2cccnc2)cc1.CC(=O)c1ccc(CNC(=O)OCc2cccnc2)cc1.O=C(CNc1cccnc1)NCc1ccc(C(=O)Cl)cc1. The third-order valence-corrected chi connectivity index (χ3v) is 8.75. The number of aromatic nitrogens is 3. The van der Waals surface area contributed by atoms with Crippen LogP contribution in [0.25, 0.3) is 0 Å². The van der Waals surface area contributed by atoms with Gasteiger partial charge in [-0.25, -0.2) is 4.79 Å². The van der Waals surface area contributed by atoms with Crippen LogP contribution in [-0.4, -0.2) is 62.8 Å². The van der Waals surface area contributed by atoms with Gasteiger partial charge in [-0.2, -0.15) is 0 Å². The highest BCUT2D eigenvalue weighted by molar-refractivity contribution is 6.67. The topological polar surface area (TPSA) is 208 Å². The fraction of sp³-hybridized carbons (Fsp3) is 0.170. The molecule has 0 atom stereocenters. The van der Waals surface area contributed by atoms with Crippen molar-refractivity contribution in [3.63, 3.8) is 0 Å². The number of nitrogens with zero attached hydrogens (tertiary/aromatic N) is 3. The lowest BCUT2D eigenvalue weighted by atomic mass is 10.1. The van der Waals surface area contributed by atoms with Crippen LogP contribution in [0.15, 0.2) is 146 Å². The van der Waals surface area contributed by atoms with Crippen LogP contribution >= 0.6 is 11.6 Å². The fourth-order valence-corrected chi connectivity index (χ4v) is 5.20. The molecule has 0 saturated heterocycles. The smallest absolute Gasteiger partial charge is 0.407 e. The van der Waals surface area contributed by atoms with Gasteiger partial charge in [-0.3, -0.25) is 38.9 Å². The molecule has 3 heterocycles. The van der Waals surface area contributed by atoms with Crippen molar-refractivity contribution in [1.29, 1.82) is 0 Å². The number of ether oxygens (including phenoxy) is 2. The van der Waals surface area contributed by atoms with Gasteiger partial charge in [-0.15, -0.1) is 0 Å². The van der Waals surface area contributed by atoms with E-state index in [1.165, 1.54) is 13.8 Å². The molecule has 6 aromatic rings. The molecule has 0 saturated carbocycles. The normalized spacial score (nSPS) is 9.95. The molecule has 324 valence electrons. The molecule has 0 unspecified atom stereocenters. The first-order chi connectivity index (χ1) is 30.4. The molecule has 0 radical (unpaired) electrons. The molecule has 15 nitrogen and oxygen atoms in total. The number of halogens is 1. The summed E-state index contributed by atoms with van der Waals surface area (Å²) in [6, 6.07) is 31.7. The number of ketones is 2. The van der Waals surface area contributed by atoms with Crippen LogP contribution < -0.4 is 26.0 Å². The van der Waals surface area contributed by atoms with Crippen LogP contribution in [0.2, 0.25) is 0 Å². The van der Waals surface area contributed by atoms with E-state index in [0.717, 1.165) is 27.9 Å². The minimum absolute atomic E-state index is 0.0189. The van der Waals surface area contributed by atoms with E-state index in [4.69, 9.17) is 21.1 Å². The maximum atomic E-state index is 11.7. The largest absolute Gasteiger partial charge is 0.482 e. The van der Waals surface area contributed by atoms with Gasteiger partial charge < -0.3 is 30.7 Å². The van der Waals surface area contributed by atoms with E-state index in [1.54, 1.807) is 122 Å². The lowest BCUT2D eigenvalue weighted by Gasteiger charge is -2.07. The molecule has 0 aliphatic heterocycles. The Morgan fingerprint density at radius 1 is 0.540 bits per heavy atom. The number of Topliss-reactive ketones (excluding diaryl/α,β-unsaturated/α-hetero) is 2. The van der Waals surface area contributed by atoms with E-state index in [1.807, 2.05) is 24.3 Å². The molecule has 3 amide bonds. The molecular weight excluding hydrogens is 826 g/mol. The van der Waals surface area contributed by atoms with Gasteiger partial charge in [0.05, 0.1) is 18.4 Å². The summed E-state index contributed by atoms with van der Waals surface area (Å²) in [5, 5.41) is 10.7. The fourth-order valence-electron chi connectivity index (χ4n) is 5.07. The van der Waals surface area contributed by atoms with Crippen molar-refractivity contribution < 1.29 is 38.2 Å². The summed E-state index contributed by atoms with van der Waals surface area (Å²) >= 11 is 5.36. The molecule has 0 spiro atoms. The average molecular weight is 872 g/mol. The number of anilines is 1. The Morgan fingerprint density at radius 2 is 1.03 bits per heavy atom. The first-order valence-corrected chi connectivity index (χ1v) is 19.8. The summed E-state index contributed by atoms with van der Waals surface area (Å²) in [5.41, 5.74) is 6.09. The molecule has 6 rings (SSSR count). The number of benzene rings is 3. The lowest BCUT2D eigenvalue weighted by Crippen LogP contribution is -2.29. The first kappa shape index (κ1) is 47.9. The van der Waals surface area contributed by atoms with Crippen molar-refractivity contribution in [2.45, 2.75) is 40.1 Å². The second kappa shape index (κ2) is 26.4. The summed E-state index contributed by atoms with van der Waals surface area (Å²) in [5.74, 6) is 0.255. The minimum Gasteiger partial charge on any atom is -0.482 e. The number of nitrogens with one attached hydrogen (secondary N) is 4. The Labute approximate surface area is 369 Å². The van der Waals surface area contributed by atoms with E-state index >= 15 is 0 Å². The predicted octanol–water partition coefficient (Wildman–Crippen LogP) is 6.88. The molecule has 0 fully saturated rings. The van der Waals surface area contributed by atoms with Crippen LogP contribution in [0.4, 0.5) is 10.5 Å². The lowest BCUT2D eigenvalue weighted by molar-refractivity contribution is -0.123. The van der Waals surface area contributed by atoms with Crippen molar-refractivity contribution in [1.82, 2.24) is 30.9 Å². The maximum Gasteiger partial charge on any atom is 0.407 e. The molecule has 16 heteroatoms. The van der Waals surface area contributed by atoms with Crippen molar-refractivity contribution in [3.8, 4) is 5.75 Å². The minimum atomic E-state index is -0.494. The van der Waals surface area contributed by atoms with Crippen LogP contribution in [0.3, 0.4) is 0 Å². The molecule has 3 aromatic heterocycles. The van der Waals surface area contributed by atoms with Gasteiger partial charge in [0.1, 0.15) is 12.4 Å². The highest BCUT2D eigenvalue weighted by Gasteiger charge is 2.07. The van der Waals surface area contributed by atoms with Gasteiger partial charge >= 0.3 is 6.09 Å². The number of rotatable bonds is 17. The Morgan fingerprint density at radius 3 is 1.51 bits per heavy atom. The van der Waals surface area contributed by atoms with E-state index in [-0.39, 0.29) is 43.1 Å². The van der Waals surface area contributed by atoms with E-state index in [9.17, 15) is 28.8 Å². The highest BCUT2D eigenvalue weighted by atomic mass is 35.5. The van der Waals surface area contributed by atoms with Crippen molar-refractivity contribution in [2.24, 2.45) is 0 Å². The molecule has 0 aliphatic carbocycles. The second-order valence-electron chi connectivity index (χ2n) is 13.4. The summed E-state index contributed by atoms with van der Waals surface area (Å²) in [6.07, 6.45) is 9.32. The zero-order valence-corrected chi connectivity index (χ0v) is 35.3. The standard InChI is InChI=1S/2C16H16N2O3.C15H14ClN3O2/c1-12(19)15-6-4-13(5-7-15)10-18-16(20)21-11-14-3-2-8-17-9-14;1-12(19)14-6-4-13(5-7-14)9-18-16(20)11-21-15-3-2-8-17-10-15;16-15(21)12-5-3-11(4-6-12)8-19-14(20)10-18-13-2-1-7-17-9-13/h2-9H,10-11H2,1H3,(H,18,20);2-8,10H,9,11H2,1H3,(H,18,20);1-7,9,18H,8,10H2,(H,19,20). The van der Waals surface area contributed by atoms with Crippen LogP contribution in [0, 0.1) is 0 Å². The quantitative estimate of drug-likeness (QED) is 0.0547. The number of carbonyl (C=O) groups excluding carboxylic acids is 6. The monoisotopic (exact) mass is 871 g/mol. The van der Waals surface area contributed by atoms with E-state index < -0.39 is 11.3 Å². The van der Waals surface area contributed by atoms with Crippen LogP contribution in [0.5, 0.6) is 5.75 Å². The predicted molar refractivity (Wildman–Crippen MR) is 237 cm³/mol. The van der Waals surface area contributed by atoms with Gasteiger partial charge in [0, 0.05) is 72.9 Å². The Hall–Kier alpha value is -7.78. The van der Waals surface area contributed by atoms with Crippen molar-refractivity contribution in [3.05, 3.63) is 185 Å². The average Bonchev–Trinajstić information content (AvgIpc) is 3.31. The molecule has 4 N–H and O–H groups in total. The Bertz CT molecular complexity index is 2100. The zero-order chi connectivity index (χ0) is 45.2. The maximum absolute atomic E-state index is 11.7.